The Hall–Kier alpha value is -1.90. The van der Waals surface area contributed by atoms with Crippen molar-refractivity contribution in [2.75, 3.05) is 11.1 Å². The summed E-state index contributed by atoms with van der Waals surface area (Å²) in [5.41, 5.74) is 1.61. The van der Waals surface area contributed by atoms with Gasteiger partial charge < -0.3 is 4.52 Å². The van der Waals surface area contributed by atoms with Crippen LogP contribution in [0.15, 0.2) is 33.1 Å². The molecule has 9 heteroatoms. The van der Waals surface area contributed by atoms with Gasteiger partial charge in [0.15, 0.2) is 10.1 Å². The molecule has 0 aliphatic heterocycles. The first-order valence-corrected chi connectivity index (χ1v) is 9.76. The Morgan fingerprint density at radius 3 is 2.80 bits per heavy atom. The molecular formula is C16H15ClN4O2S2. The van der Waals surface area contributed by atoms with Crippen LogP contribution in [-0.4, -0.2) is 27.0 Å². The summed E-state index contributed by atoms with van der Waals surface area (Å²) in [4.78, 5) is 12.7. The molecule has 1 N–H and O–H groups in total. The first-order chi connectivity index (χ1) is 12.1. The summed E-state index contributed by atoms with van der Waals surface area (Å²) in [6.07, 6.45) is 1.05. The smallest absolute Gasteiger partial charge is 0.263 e. The number of thioether (sulfide) groups is 1. The predicted octanol–water partition coefficient (Wildman–Crippen LogP) is 4.91. The second-order valence-corrected chi connectivity index (χ2v) is 7.91. The van der Waals surface area contributed by atoms with Gasteiger partial charge in [0.05, 0.1) is 5.69 Å². The molecule has 6 nitrogen and oxygen atoms in total. The van der Waals surface area contributed by atoms with Gasteiger partial charge in [-0.25, -0.2) is 0 Å². The second-order valence-electron chi connectivity index (χ2n) is 5.15. The van der Waals surface area contributed by atoms with Crippen molar-refractivity contribution >= 4 is 45.7 Å². The Kier molecular flexibility index (Phi) is 5.72. The number of carbonyl (C=O) groups excluding carboxylic acids is 1. The van der Waals surface area contributed by atoms with E-state index in [-0.39, 0.29) is 5.91 Å². The summed E-state index contributed by atoms with van der Waals surface area (Å²) in [6.45, 7) is 3.82. The number of nitrogens with zero attached hydrogens (tertiary/aromatic N) is 3. The molecule has 0 fully saturated rings. The van der Waals surface area contributed by atoms with Crippen molar-refractivity contribution in [2.45, 2.75) is 24.6 Å². The summed E-state index contributed by atoms with van der Waals surface area (Å²) in [7, 11) is 0. The van der Waals surface area contributed by atoms with E-state index in [0.29, 0.717) is 27.2 Å². The number of anilines is 1. The van der Waals surface area contributed by atoms with Crippen molar-refractivity contribution in [1.29, 1.82) is 0 Å². The molecular weight excluding hydrogens is 380 g/mol. The minimum atomic E-state index is -0.327. The molecule has 3 rings (SSSR count). The summed E-state index contributed by atoms with van der Waals surface area (Å²) < 4.78 is 6.18. The third-order valence-corrected chi connectivity index (χ3v) is 5.68. The van der Waals surface area contributed by atoms with Gasteiger partial charge in [-0.1, -0.05) is 46.8 Å². The maximum Gasteiger partial charge on any atom is 0.263 e. The van der Waals surface area contributed by atoms with Crippen LogP contribution in [-0.2, 0) is 0 Å². The van der Waals surface area contributed by atoms with Gasteiger partial charge in [-0.2, -0.15) is 0 Å². The molecule has 130 valence electrons. The highest BCUT2D eigenvalue weighted by atomic mass is 35.5. The van der Waals surface area contributed by atoms with Crippen molar-refractivity contribution in [3.05, 3.63) is 40.5 Å². The van der Waals surface area contributed by atoms with Gasteiger partial charge >= 0.3 is 0 Å². The lowest BCUT2D eigenvalue weighted by atomic mass is 10.1. The number of nitrogens with one attached hydrogen (secondary N) is 1. The lowest BCUT2D eigenvalue weighted by Crippen LogP contribution is -2.13. The lowest BCUT2D eigenvalue weighted by Gasteiger charge is -2.02. The Labute approximate surface area is 158 Å². The third-order valence-electron chi connectivity index (χ3n) is 3.25. The molecule has 0 aliphatic carbocycles. The van der Waals surface area contributed by atoms with E-state index in [1.807, 2.05) is 0 Å². The van der Waals surface area contributed by atoms with E-state index in [1.165, 1.54) is 11.3 Å². The van der Waals surface area contributed by atoms with Crippen LogP contribution in [0.1, 0.15) is 29.4 Å². The summed E-state index contributed by atoms with van der Waals surface area (Å²) >= 11 is 8.88. The standard InChI is InChI=1S/C16H15ClN4O2S2/c1-3-8-24-16-20-19-15(25-16)18-14(22)12-9(2)21-23-13(12)10-4-6-11(17)7-5-10/h4-7H,3,8H2,1-2H3,(H,18,19,22). The average molecular weight is 395 g/mol. The number of hydrogen-bond acceptors (Lipinski definition) is 7. The molecule has 0 saturated heterocycles. The molecule has 25 heavy (non-hydrogen) atoms. The summed E-state index contributed by atoms with van der Waals surface area (Å²) in [5, 5.41) is 15.8. The zero-order valence-corrected chi connectivity index (χ0v) is 16.0. The van der Waals surface area contributed by atoms with Crippen LogP contribution in [0.5, 0.6) is 0 Å². The van der Waals surface area contributed by atoms with Gasteiger partial charge in [0.1, 0.15) is 5.56 Å². The van der Waals surface area contributed by atoms with Crippen molar-refractivity contribution in [2.24, 2.45) is 0 Å². The number of hydrogen-bond donors (Lipinski definition) is 1. The minimum Gasteiger partial charge on any atom is -0.355 e. The van der Waals surface area contributed by atoms with E-state index in [9.17, 15) is 4.79 Å². The lowest BCUT2D eigenvalue weighted by molar-refractivity contribution is 0.102. The number of aryl methyl sites for hydroxylation is 1. The molecule has 0 spiro atoms. The fourth-order valence-corrected chi connectivity index (χ4v) is 3.90. The Balaban J connectivity index is 1.81. The number of amides is 1. The van der Waals surface area contributed by atoms with Crippen LogP contribution in [0.4, 0.5) is 5.13 Å². The number of aromatic nitrogens is 3. The molecule has 2 heterocycles. The number of rotatable bonds is 6. The fraction of sp³-hybridized carbons (Fsp3) is 0.250. The molecule has 1 aromatic carbocycles. The second kappa shape index (κ2) is 7.99. The zero-order valence-electron chi connectivity index (χ0n) is 13.6. The van der Waals surface area contributed by atoms with E-state index in [2.05, 4.69) is 27.6 Å². The summed E-state index contributed by atoms with van der Waals surface area (Å²) in [5.74, 6) is 1.04. The highest BCUT2D eigenvalue weighted by Gasteiger charge is 2.23. The van der Waals surface area contributed by atoms with Gasteiger partial charge in [0, 0.05) is 16.3 Å². The van der Waals surface area contributed by atoms with Crippen LogP contribution in [0.3, 0.4) is 0 Å². The van der Waals surface area contributed by atoms with Crippen molar-refractivity contribution in [3.63, 3.8) is 0 Å². The monoisotopic (exact) mass is 394 g/mol. The van der Waals surface area contributed by atoms with Crippen LogP contribution >= 0.6 is 34.7 Å². The maximum atomic E-state index is 12.7. The SMILES string of the molecule is CCCSc1nnc(NC(=O)c2c(C)noc2-c2ccc(Cl)cc2)s1. The zero-order chi connectivity index (χ0) is 17.8. The van der Waals surface area contributed by atoms with E-state index in [1.54, 1.807) is 43.0 Å². The Morgan fingerprint density at radius 2 is 2.08 bits per heavy atom. The molecule has 0 radical (unpaired) electrons. The first-order valence-electron chi connectivity index (χ1n) is 7.58. The molecule has 1 amide bonds. The van der Waals surface area contributed by atoms with E-state index < -0.39 is 0 Å². The van der Waals surface area contributed by atoms with Gasteiger partial charge in [-0.3, -0.25) is 10.1 Å². The molecule has 0 atom stereocenters. The topological polar surface area (TPSA) is 80.9 Å². The maximum absolute atomic E-state index is 12.7. The fourth-order valence-electron chi connectivity index (χ4n) is 2.10. The van der Waals surface area contributed by atoms with E-state index in [0.717, 1.165) is 22.1 Å². The van der Waals surface area contributed by atoms with Crippen molar-refractivity contribution in [1.82, 2.24) is 15.4 Å². The molecule has 0 aliphatic rings. The number of benzene rings is 1. The third kappa shape index (κ3) is 4.20. The van der Waals surface area contributed by atoms with E-state index in [4.69, 9.17) is 16.1 Å². The van der Waals surface area contributed by atoms with Crippen LogP contribution in [0, 0.1) is 6.92 Å². The van der Waals surface area contributed by atoms with Crippen molar-refractivity contribution < 1.29 is 9.32 Å². The summed E-state index contributed by atoms with van der Waals surface area (Å²) in [6, 6.07) is 7.03. The van der Waals surface area contributed by atoms with E-state index >= 15 is 0 Å². The molecule has 0 saturated carbocycles. The van der Waals surface area contributed by atoms with Gasteiger partial charge in [-0.05, 0) is 37.6 Å². The van der Waals surface area contributed by atoms with Crippen molar-refractivity contribution in [3.8, 4) is 11.3 Å². The van der Waals surface area contributed by atoms with Gasteiger partial charge in [0.2, 0.25) is 5.13 Å². The Morgan fingerprint density at radius 1 is 1.32 bits per heavy atom. The highest BCUT2D eigenvalue weighted by Crippen LogP contribution is 2.30. The van der Waals surface area contributed by atoms with Gasteiger partial charge in [0.25, 0.3) is 5.91 Å². The minimum absolute atomic E-state index is 0.327. The Bertz CT molecular complexity index is 877. The molecule has 3 aromatic rings. The van der Waals surface area contributed by atoms with Gasteiger partial charge in [-0.15, -0.1) is 10.2 Å². The van der Waals surface area contributed by atoms with Crippen LogP contribution in [0.25, 0.3) is 11.3 Å². The average Bonchev–Trinajstić information content (AvgIpc) is 3.20. The molecule has 0 unspecified atom stereocenters. The highest BCUT2D eigenvalue weighted by molar-refractivity contribution is 8.01. The predicted molar refractivity (Wildman–Crippen MR) is 101 cm³/mol. The quantitative estimate of drug-likeness (QED) is 0.472. The number of carbonyl (C=O) groups is 1. The molecule has 0 bridgehead atoms. The van der Waals surface area contributed by atoms with Crippen LogP contribution in [0.2, 0.25) is 5.02 Å². The largest absolute Gasteiger partial charge is 0.355 e. The number of halogens is 1. The molecule has 2 aromatic heterocycles. The normalized spacial score (nSPS) is 10.8. The van der Waals surface area contributed by atoms with Crippen LogP contribution < -0.4 is 5.32 Å². The first kappa shape index (κ1) is 17.9.